The zero-order valence-corrected chi connectivity index (χ0v) is 30.1. The van der Waals surface area contributed by atoms with Crippen molar-refractivity contribution < 1.29 is 34.2 Å². The number of carboxylic acid groups (broad SMARTS) is 2. The van der Waals surface area contributed by atoms with Gasteiger partial charge in [-0.25, -0.2) is 9.59 Å². The Kier molecular flexibility index (Phi) is 9.65. The highest BCUT2D eigenvalue weighted by Gasteiger charge is 2.55. The fourth-order valence-electron chi connectivity index (χ4n) is 8.59. The summed E-state index contributed by atoms with van der Waals surface area (Å²) in [6, 6.07) is 35.0. The van der Waals surface area contributed by atoms with Gasteiger partial charge in [-0.1, -0.05) is 97.1 Å². The van der Waals surface area contributed by atoms with E-state index in [2.05, 4.69) is 20.9 Å². The number of benzene rings is 5. The molecule has 11 heteroatoms. The van der Waals surface area contributed by atoms with Gasteiger partial charge >= 0.3 is 11.9 Å². The molecule has 6 N–H and O–H groups in total. The van der Waals surface area contributed by atoms with Crippen molar-refractivity contribution in [1.29, 1.82) is 0 Å². The van der Waals surface area contributed by atoms with Gasteiger partial charge in [0, 0.05) is 47.6 Å². The molecule has 0 aliphatic heterocycles. The minimum absolute atomic E-state index is 0.0494. The number of H-pyrrole nitrogens is 1. The Labute approximate surface area is 321 Å². The number of fused-ring (bicyclic) bond motifs is 2. The normalized spacial score (nSPS) is 18.3. The van der Waals surface area contributed by atoms with Crippen LogP contribution in [-0.4, -0.2) is 57.4 Å². The van der Waals surface area contributed by atoms with Gasteiger partial charge < -0.3 is 31.1 Å². The van der Waals surface area contributed by atoms with Crippen molar-refractivity contribution in [3.63, 3.8) is 0 Å². The maximum atomic E-state index is 14.9. The Morgan fingerprint density at radius 2 is 1.18 bits per heavy atom. The van der Waals surface area contributed by atoms with Gasteiger partial charge in [0.1, 0.15) is 6.04 Å². The summed E-state index contributed by atoms with van der Waals surface area (Å²) < 4.78 is 0. The highest BCUT2D eigenvalue weighted by molar-refractivity contribution is 6.02. The fourth-order valence-corrected chi connectivity index (χ4v) is 8.59. The van der Waals surface area contributed by atoms with Crippen molar-refractivity contribution in [2.75, 3.05) is 11.9 Å². The van der Waals surface area contributed by atoms with Gasteiger partial charge in [-0.05, 0) is 64.1 Å². The number of carbonyl (C=O) groups excluding carboxylic acids is 3. The van der Waals surface area contributed by atoms with Crippen LogP contribution < -0.4 is 16.0 Å². The molecule has 0 saturated carbocycles. The second kappa shape index (κ2) is 15.0. The SMILES string of the molecule is O=C(O)c1cc(NC(=O)[C@H](Cc2ccccc2)NC(=O)C2C3c4ccccc4C(c4ccccc43)C2C(=O)NCCc2c[nH]c3ccccc23)cc(C(=O)O)c1. The lowest BCUT2D eigenvalue weighted by Crippen LogP contribution is -2.56. The van der Waals surface area contributed by atoms with Crippen molar-refractivity contribution in [2.45, 2.75) is 30.7 Å². The van der Waals surface area contributed by atoms with E-state index in [1.807, 2.05) is 109 Å². The third kappa shape index (κ3) is 6.79. The van der Waals surface area contributed by atoms with E-state index in [0.717, 1.165) is 50.4 Å². The molecule has 1 heterocycles. The number of carboxylic acids is 2. The number of para-hydroxylation sites is 1. The van der Waals surface area contributed by atoms with Crippen molar-refractivity contribution in [2.24, 2.45) is 11.8 Å². The summed E-state index contributed by atoms with van der Waals surface area (Å²) in [7, 11) is 0. The molecule has 0 fully saturated rings. The molecule has 9 rings (SSSR count). The number of aromatic amines is 1. The predicted molar refractivity (Wildman–Crippen MR) is 210 cm³/mol. The van der Waals surface area contributed by atoms with Crippen LogP contribution in [-0.2, 0) is 27.2 Å². The number of nitrogens with one attached hydrogen (secondary N) is 4. The van der Waals surface area contributed by atoms with E-state index < -0.39 is 53.5 Å². The van der Waals surface area contributed by atoms with Gasteiger partial charge in [-0.15, -0.1) is 0 Å². The van der Waals surface area contributed by atoms with Gasteiger partial charge in [-0.3, -0.25) is 14.4 Å². The molecule has 2 bridgehead atoms. The molecule has 0 saturated heterocycles. The first-order chi connectivity index (χ1) is 27.2. The van der Waals surface area contributed by atoms with Gasteiger partial charge in [0.25, 0.3) is 0 Å². The highest BCUT2D eigenvalue weighted by atomic mass is 16.4. The van der Waals surface area contributed by atoms with Crippen molar-refractivity contribution in [1.82, 2.24) is 15.6 Å². The number of rotatable bonds is 12. The molecule has 56 heavy (non-hydrogen) atoms. The van der Waals surface area contributed by atoms with E-state index in [4.69, 9.17) is 0 Å². The Hall–Kier alpha value is -7.01. The number of carbonyl (C=O) groups is 5. The lowest BCUT2D eigenvalue weighted by Gasteiger charge is -2.49. The van der Waals surface area contributed by atoms with Gasteiger partial charge in [0.15, 0.2) is 0 Å². The minimum Gasteiger partial charge on any atom is -0.478 e. The van der Waals surface area contributed by atoms with E-state index in [9.17, 15) is 34.2 Å². The topological polar surface area (TPSA) is 178 Å². The molecule has 2 unspecified atom stereocenters. The van der Waals surface area contributed by atoms with Crippen molar-refractivity contribution in [3.8, 4) is 0 Å². The molecular weight excluding hydrogens is 709 g/mol. The molecular formula is C45H38N4O7. The zero-order chi connectivity index (χ0) is 38.9. The molecule has 11 nitrogen and oxygen atoms in total. The number of hydrogen-bond donors (Lipinski definition) is 6. The lowest BCUT2D eigenvalue weighted by atomic mass is 9.53. The smallest absolute Gasteiger partial charge is 0.335 e. The van der Waals surface area contributed by atoms with Gasteiger partial charge in [0.2, 0.25) is 17.7 Å². The molecule has 3 aliphatic rings. The van der Waals surface area contributed by atoms with E-state index in [1.54, 1.807) is 0 Å². The van der Waals surface area contributed by atoms with Crippen LogP contribution in [0, 0.1) is 11.8 Å². The maximum Gasteiger partial charge on any atom is 0.335 e. The van der Waals surface area contributed by atoms with Gasteiger partial charge in [-0.2, -0.15) is 0 Å². The second-order valence-corrected chi connectivity index (χ2v) is 14.3. The second-order valence-electron chi connectivity index (χ2n) is 14.3. The molecule has 280 valence electrons. The molecule has 3 aliphatic carbocycles. The summed E-state index contributed by atoms with van der Waals surface area (Å²) in [5.41, 5.74) is 6.01. The van der Waals surface area contributed by atoms with Crippen LogP contribution in [0.15, 0.2) is 128 Å². The minimum atomic E-state index is -1.36. The zero-order valence-electron chi connectivity index (χ0n) is 30.1. The molecule has 3 atom stereocenters. The molecule has 3 amide bonds. The van der Waals surface area contributed by atoms with E-state index in [1.165, 1.54) is 12.1 Å². The van der Waals surface area contributed by atoms with Crippen LogP contribution in [0.1, 0.15) is 65.9 Å². The van der Waals surface area contributed by atoms with E-state index >= 15 is 0 Å². The number of aromatic carboxylic acids is 2. The Morgan fingerprint density at radius 3 is 1.77 bits per heavy atom. The van der Waals surface area contributed by atoms with Crippen LogP contribution >= 0.6 is 0 Å². The monoisotopic (exact) mass is 746 g/mol. The Morgan fingerprint density at radius 1 is 0.643 bits per heavy atom. The number of amides is 3. The van der Waals surface area contributed by atoms with Crippen molar-refractivity contribution >= 4 is 46.3 Å². The average molecular weight is 747 g/mol. The largest absolute Gasteiger partial charge is 0.478 e. The van der Waals surface area contributed by atoms with E-state index in [-0.39, 0.29) is 29.1 Å². The number of hydrogen-bond acceptors (Lipinski definition) is 5. The van der Waals surface area contributed by atoms with Crippen LogP contribution in [0.2, 0.25) is 0 Å². The third-order valence-electron chi connectivity index (χ3n) is 11.0. The summed E-state index contributed by atoms with van der Waals surface area (Å²) >= 11 is 0. The van der Waals surface area contributed by atoms with Crippen molar-refractivity contribution in [3.05, 3.63) is 172 Å². The van der Waals surface area contributed by atoms with Crippen LogP contribution in [0.4, 0.5) is 5.69 Å². The van der Waals surface area contributed by atoms with Crippen LogP contribution in [0.3, 0.4) is 0 Å². The Balaban J connectivity index is 1.13. The summed E-state index contributed by atoms with van der Waals surface area (Å²) in [5, 5.41) is 29.1. The first-order valence-corrected chi connectivity index (χ1v) is 18.4. The number of aromatic nitrogens is 1. The average Bonchev–Trinajstić information content (AvgIpc) is 3.63. The summed E-state index contributed by atoms with van der Waals surface area (Å²) in [6.07, 6.45) is 2.59. The van der Waals surface area contributed by atoms with Crippen LogP contribution in [0.5, 0.6) is 0 Å². The standard InChI is InChI=1S/C45H38N4O7/c50-41(48-29-22-27(44(53)54)21-28(23-29)45(55)56)36(20-25-10-2-1-3-11-25)49-43(52)40-38-33-15-6-4-13-31(33)37(32-14-5-7-16-34(32)38)39(40)42(51)46-19-18-26-24-47-35-17-9-8-12-30(26)35/h1-17,21-24,36-40,47H,18-20H2,(H,46,51)(H,48,50)(H,49,52)(H,53,54)(H,55,56)/t36-,37?,38?,39?,40?/m0/s1. The number of anilines is 1. The summed E-state index contributed by atoms with van der Waals surface area (Å²) in [6.45, 7) is 0.346. The highest BCUT2D eigenvalue weighted by Crippen LogP contribution is 2.58. The maximum absolute atomic E-state index is 14.9. The molecule has 0 radical (unpaired) electrons. The van der Waals surface area contributed by atoms with Crippen LogP contribution in [0.25, 0.3) is 10.9 Å². The third-order valence-corrected chi connectivity index (χ3v) is 11.0. The van der Waals surface area contributed by atoms with E-state index in [0.29, 0.717) is 13.0 Å². The first-order valence-electron chi connectivity index (χ1n) is 18.4. The quantitative estimate of drug-likeness (QED) is 0.0875. The fraction of sp³-hybridized carbons (Fsp3) is 0.178. The molecule has 0 spiro atoms. The summed E-state index contributed by atoms with van der Waals surface area (Å²) in [5.74, 6) is -6.76. The summed E-state index contributed by atoms with van der Waals surface area (Å²) in [4.78, 5) is 70.5. The molecule has 1 aromatic heterocycles. The Bertz CT molecular complexity index is 2430. The molecule has 5 aromatic carbocycles. The lowest BCUT2D eigenvalue weighted by molar-refractivity contribution is -0.138. The molecule has 6 aromatic rings. The van der Waals surface area contributed by atoms with Gasteiger partial charge in [0.05, 0.1) is 23.0 Å². The predicted octanol–water partition coefficient (Wildman–Crippen LogP) is 6.11. The first kappa shape index (κ1) is 36.0.